The number of allylic oxidation sites excluding steroid dienone is 2. The van der Waals surface area contributed by atoms with Crippen LogP contribution >= 0.6 is 0 Å². The molecule has 0 aromatic carbocycles. The molecule has 8 amide bonds. The Morgan fingerprint density at radius 2 is 0.970 bits per heavy atom. The molecule has 0 aromatic rings. The lowest BCUT2D eigenvalue weighted by atomic mass is 9.83. The summed E-state index contributed by atoms with van der Waals surface area (Å²) in [6, 6.07) is -8.72. The van der Waals surface area contributed by atoms with Crippen molar-refractivity contribution in [3.8, 4) is 0 Å². The van der Waals surface area contributed by atoms with E-state index in [1.165, 1.54) is 71.4 Å². The fourth-order valence-corrected chi connectivity index (χ4v) is 12.5. The smallest absolute Gasteiger partial charge is 0.328 e. The first-order valence-corrected chi connectivity index (χ1v) is 35.7. The second-order valence-electron chi connectivity index (χ2n) is 29.6. The Labute approximate surface area is 594 Å². The molecule has 0 aliphatic rings. The van der Waals surface area contributed by atoms with Crippen LogP contribution in [0.3, 0.4) is 0 Å². The number of ether oxygens (including phenoxy) is 3. The molecule has 0 saturated heterocycles. The molecular formula is C74H131N9O16. The quantitative estimate of drug-likeness (QED) is 0.0463. The number of ketones is 3. The highest BCUT2D eigenvalue weighted by Gasteiger charge is 2.47. The van der Waals surface area contributed by atoms with Crippen LogP contribution in [0.25, 0.3) is 0 Å². The van der Waals surface area contributed by atoms with Crippen LogP contribution in [0.15, 0.2) is 12.2 Å². The van der Waals surface area contributed by atoms with Crippen molar-refractivity contribution < 1.29 is 76.5 Å². The monoisotopic (exact) mass is 1400 g/mol. The molecule has 0 radical (unpaired) electrons. The Balaban J connectivity index is 7.19. The molecule has 99 heavy (non-hydrogen) atoms. The van der Waals surface area contributed by atoms with E-state index in [0.717, 1.165) is 4.90 Å². The van der Waals surface area contributed by atoms with Crippen LogP contribution in [0.5, 0.6) is 0 Å². The third-order valence-corrected chi connectivity index (χ3v) is 19.0. The van der Waals surface area contributed by atoms with E-state index in [1.807, 2.05) is 68.4 Å². The van der Waals surface area contributed by atoms with Gasteiger partial charge >= 0.3 is 11.9 Å². The van der Waals surface area contributed by atoms with E-state index in [9.17, 15) is 47.9 Å². The van der Waals surface area contributed by atoms with Crippen LogP contribution in [0.1, 0.15) is 189 Å². The van der Waals surface area contributed by atoms with Gasteiger partial charge in [0.2, 0.25) is 47.3 Å². The number of rotatable bonds is 46. The molecule has 2 N–H and O–H groups in total. The molecule has 0 unspecified atom stereocenters. The molecule has 25 heteroatoms. The first-order valence-electron chi connectivity index (χ1n) is 35.7. The molecule has 0 fully saturated rings. The van der Waals surface area contributed by atoms with Gasteiger partial charge in [0.25, 0.3) is 0 Å². The SMILES string of the molecule is C/C=C/C[C@@H](C)[C@@H](OC(C)=O)[C@@H](C(=O)N[C@@H](CC)C(=O)OCCN(C)C(C)=O)N(C)C(=O)[C@H](C(C)C)N(C)C(=O)[C@H](CC(C)C)N(C)C(=O)[C@H](CC(C)C)N(C)C(=O)[C@@H](C)CC(=O)[C@H](C)CC(=O)[C@H](CC(C)C)N(C)C(=O)[C@@H](CC(=O)[C@H]([C@H](C)CCOC)N(C)C(=O)[C@@H](C)NC)C(C)C. The zero-order valence-corrected chi connectivity index (χ0v) is 65.8. The first kappa shape index (κ1) is 92.4. The summed E-state index contributed by atoms with van der Waals surface area (Å²) in [7, 11) is 13.6. The Bertz CT molecular complexity index is 2700. The van der Waals surface area contributed by atoms with Crippen LogP contribution in [0, 0.1) is 59.2 Å². The van der Waals surface area contributed by atoms with Gasteiger partial charge in [0.15, 0.2) is 11.6 Å². The van der Waals surface area contributed by atoms with Gasteiger partial charge in [-0.1, -0.05) is 116 Å². The summed E-state index contributed by atoms with van der Waals surface area (Å²) >= 11 is 0. The number of carbonyl (C=O) groups excluding carboxylic acids is 13. The summed E-state index contributed by atoms with van der Waals surface area (Å²) in [4.78, 5) is 194. The Morgan fingerprint density at radius 1 is 0.495 bits per heavy atom. The predicted octanol–water partition coefficient (Wildman–Crippen LogP) is 6.90. The van der Waals surface area contributed by atoms with Crippen molar-refractivity contribution in [3.05, 3.63) is 12.2 Å². The van der Waals surface area contributed by atoms with Crippen molar-refractivity contribution in [1.29, 1.82) is 0 Å². The molecule has 0 spiro atoms. The number of amides is 8. The number of Topliss-reactive ketones (excluding diaryl/α,β-unsaturated/α-hetero) is 3. The lowest BCUT2D eigenvalue weighted by Gasteiger charge is -2.42. The average molecular weight is 1400 g/mol. The van der Waals surface area contributed by atoms with Crippen LogP contribution in [-0.4, -0.2) is 249 Å². The molecule has 0 heterocycles. The zero-order chi connectivity index (χ0) is 77.0. The standard InChI is InChI=1S/C74H131N9O16/c1-29-31-32-49(14)66(99-54(19)85)65(67(89)76-56(30-2)74(96)98-36-34-77(21)53(18)84)83(27)73(95)63(47(11)12)81(25)72(94)59(39-45(7)8)80(24)71(93)58(38-44(5)6)79(23)68(90)51(16)41-60(86)50(15)40-61(87)57(37-43(3)4)78(22)70(92)55(46(9)10)42-62(88)64(48(13)33-35-97-28)82(26)69(91)52(17)75-20/h29,31,43-52,55-59,63-66,75H,30,32-42H2,1-28H3,(H,76,89)/b31-29+/t48-,49-,50-,51+,52-,55+,56+,57+,58+,59+,63+,64+,65+,66-/m1/s1. The van der Waals surface area contributed by atoms with Crippen molar-refractivity contribution in [2.75, 3.05) is 83.2 Å². The summed E-state index contributed by atoms with van der Waals surface area (Å²) in [6.07, 6.45) is 3.08. The molecule has 0 saturated carbocycles. The lowest BCUT2D eigenvalue weighted by Crippen LogP contribution is -2.63. The molecule has 0 aliphatic heterocycles. The molecule has 25 nitrogen and oxygen atoms in total. The largest absolute Gasteiger partial charge is 0.462 e. The summed E-state index contributed by atoms with van der Waals surface area (Å²) in [6.45, 7) is 33.3. The molecule has 568 valence electrons. The Hall–Kier alpha value is -6.63. The number of hydrogen-bond donors (Lipinski definition) is 2. The van der Waals surface area contributed by atoms with Gasteiger partial charge in [-0.05, 0) is 101 Å². The normalized spacial score (nSPS) is 16.0. The Morgan fingerprint density at radius 3 is 1.42 bits per heavy atom. The van der Waals surface area contributed by atoms with Gasteiger partial charge in [0.1, 0.15) is 48.7 Å². The number of methoxy groups -OCH3 is 1. The topological polar surface area (TPSA) is 296 Å². The zero-order valence-electron chi connectivity index (χ0n) is 65.8. The van der Waals surface area contributed by atoms with E-state index in [1.54, 1.807) is 96.8 Å². The molecule has 0 aromatic heterocycles. The van der Waals surface area contributed by atoms with E-state index in [0.29, 0.717) is 19.4 Å². The van der Waals surface area contributed by atoms with Crippen LogP contribution in [0.2, 0.25) is 0 Å². The van der Waals surface area contributed by atoms with Gasteiger partial charge < -0.3 is 59.1 Å². The average Bonchev–Trinajstić information content (AvgIpc) is 0.803. The molecule has 14 atom stereocenters. The van der Waals surface area contributed by atoms with E-state index in [2.05, 4.69) is 10.6 Å². The first-order chi connectivity index (χ1) is 45.8. The van der Waals surface area contributed by atoms with Gasteiger partial charge in [0.05, 0.1) is 24.7 Å². The van der Waals surface area contributed by atoms with Crippen molar-refractivity contribution in [2.45, 2.75) is 244 Å². The molecule has 0 bridgehead atoms. The van der Waals surface area contributed by atoms with Crippen LogP contribution < -0.4 is 10.6 Å². The van der Waals surface area contributed by atoms with Crippen molar-refractivity contribution >= 4 is 76.5 Å². The fourth-order valence-electron chi connectivity index (χ4n) is 12.5. The number of esters is 2. The van der Waals surface area contributed by atoms with Gasteiger partial charge in [-0.15, -0.1) is 0 Å². The van der Waals surface area contributed by atoms with Gasteiger partial charge in [-0.3, -0.25) is 57.5 Å². The van der Waals surface area contributed by atoms with E-state index in [4.69, 9.17) is 14.2 Å². The summed E-state index contributed by atoms with van der Waals surface area (Å²) in [5, 5.41) is 5.65. The maximum atomic E-state index is 15.3. The highest BCUT2D eigenvalue weighted by Crippen LogP contribution is 2.30. The van der Waals surface area contributed by atoms with Gasteiger partial charge in [0, 0.05) is 114 Å². The van der Waals surface area contributed by atoms with Crippen molar-refractivity contribution in [1.82, 2.24) is 44.9 Å². The van der Waals surface area contributed by atoms with E-state index in [-0.39, 0.29) is 117 Å². The van der Waals surface area contributed by atoms with Gasteiger partial charge in [-0.25, -0.2) is 4.79 Å². The molecule has 0 aliphatic carbocycles. The third-order valence-electron chi connectivity index (χ3n) is 19.0. The third kappa shape index (κ3) is 28.7. The number of nitrogens with zero attached hydrogens (tertiary/aromatic N) is 7. The maximum absolute atomic E-state index is 15.3. The number of carbonyl (C=O) groups is 13. The molecular weight excluding hydrogens is 1270 g/mol. The highest BCUT2D eigenvalue weighted by molar-refractivity contribution is 5.99. The summed E-state index contributed by atoms with van der Waals surface area (Å²) in [5.41, 5.74) is 0. The van der Waals surface area contributed by atoms with Gasteiger partial charge in [-0.2, -0.15) is 0 Å². The molecule has 0 rings (SSSR count). The second kappa shape index (κ2) is 44.6. The van der Waals surface area contributed by atoms with E-state index < -0.39 is 131 Å². The van der Waals surface area contributed by atoms with E-state index >= 15 is 14.4 Å². The second-order valence-corrected chi connectivity index (χ2v) is 29.6. The minimum absolute atomic E-state index is 0.0566. The predicted molar refractivity (Wildman–Crippen MR) is 383 cm³/mol. The summed E-state index contributed by atoms with van der Waals surface area (Å²) < 4.78 is 16.6. The van der Waals surface area contributed by atoms with Crippen molar-refractivity contribution in [3.63, 3.8) is 0 Å². The number of nitrogens with one attached hydrogen (secondary N) is 2. The minimum Gasteiger partial charge on any atom is -0.462 e. The maximum Gasteiger partial charge on any atom is 0.328 e. The highest BCUT2D eigenvalue weighted by atomic mass is 16.5. The summed E-state index contributed by atoms with van der Waals surface area (Å²) in [5.74, 6) is -11.7. The van der Waals surface area contributed by atoms with Crippen molar-refractivity contribution in [2.24, 2.45) is 59.2 Å². The van der Waals surface area contributed by atoms with Crippen LogP contribution in [-0.2, 0) is 76.5 Å². The fraction of sp³-hybridized carbons (Fsp3) is 0.797. The minimum atomic E-state index is -1.55. The number of hydrogen-bond acceptors (Lipinski definition) is 17. The number of likely N-dealkylation sites (N-methyl/N-ethyl adjacent to an activating group) is 8. The Kier molecular flexibility index (Phi) is 41.6. The van der Waals surface area contributed by atoms with Crippen LogP contribution in [0.4, 0.5) is 0 Å². The lowest BCUT2D eigenvalue weighted by molar-refractivity contribution is -0.164.